The fourth-order valence-corrected chi connectivity index (χ4v) is 1.50. The molecule has 1 aliphatic heterocycles. The number of carbonyl (C=O) groups excluding carboxylic acids is 1. The number of aromatic nitrogens is 1. The molecule has 8 heteroatoms. The largest absolute Gasteiger partial charge is 0.433 e. The molecule has 1 amide bonds. The van der Waals surface area contributed by atoms with E-state index < -0.39 is 23.9 Å². The molecule has 1 aliphatic rings. The molecule has 0 saturated carbocycles. The molecule has 2 heterocycles. The Balaban J connectivity index is 1.97. The maximum atomic E-state index is 12.3. The summed E-state index contributed by atoms with van der Waals surface area (Å²) in [4.78, 5) is 14.9. The van der Waals surface area contributed by atoms with Gasteiger partial charge in [0.2, 0.25) is 0 Å². The fourth-order valence-electron chi connectivity index (χ4n) is 1.50. The van der Waals surface area contributed by atoms with Gasteiger partial charge in [-0.3, -0.25) is 4.79 Å². The first kappa shape index (κ1) is 13.8. The molecule has 0 bridgehead atoms. The van der Waals surface area contributed by atoms with Crippen LogP contribution in [0.15, 0.2) is 18.3 Å². The molecule has 1 unspecified atom stereocenters. The molecular formula is C11H11F3N2O3. The molecule has 0 radical (unpaired) electrons. The molecule has 5 nitrogen and oxygen atoms in total. The maximum Gasteiger partial charge on any atom is 0.433 e. The molecule has 0 aromatic carbocycles. The van der Waals surface area contributed by atoms with Gasteiger partial charge in [0.25, 0.3) is 5.91 Å². The van der Waals surface area contributed by atoms with E-state index in [4.69, 9.17) is 9.47 Å². The Labute approximate surface area is 106 Å². The highest BCUT2D eigenvalue weighted by molar-refractivity contribution is 5.94. The van der Waals surface area contributed by atoms with E-state index in [1.165, 1.54) is 0 Å². The zero-order valence-corrected chi connectivity index (χ0v) is 9.74. The molecule has 0 aliphatic carbocycles. The third-order valence-electron chi connectivity index (χ3n) is 2.43. The van der Waals surface area contributed by atoms with Crippen LogP contribution in [0, 0.1) is 0 Å². The number of nitrogens with one attached hydrogen (secondary N) is 1. The number of hydrogen-bond acceptors (Lipinski definition) is 4. The monoisotopic (exact) mass is 276 g/mol. The van der Waals surface area contributed by atoms with Gasteiger partial charge in [0.15, 0.2) is 6.10 Å². The van der Waals surface area contributed by atoms with Crippen molar-refractivity contribution in [3.63, 3.8) is 0 Å². The zero-order chi connectivity index (χ0) is 13.9. The quantitative estimate of drug-likeness (QED) is 0.888. The Morgan fingerprint density at radius 1 is 1.37 bits per heavy atom. The smallest absolute Gasteiger partial charge is 0.376 e. The summed E-state index contributed by atoms with van der Waals surface area (Å²) in [5, 5.41) is 2.42. The van der Waals surface area contributed by atoms with E-state index in [-0.39, 0.29) is 12.3 Å². The van der Waals surface area contributed by atoms with E-state index >= 15 is 0 Å². The van der Waals surface area contributed by atoms with E-state index in [0.717, 1.165) is 18.3 Å². The molecule has 1 fully saturated rings. The second kappa shape index (κ2) is 5.54. The predicted molar refractivity (Wildman–Crippen MR) is 58.4 cm³/mol. The van der Waals surface area contributed by atoms with Gasteiger partial charge in [-0.05, 0) is 12.1 Å². The number of ether oxygens (including phenoxy) is 2. The number of pyridine rings is 1. The lowest BCUT2D eigenvalue weighted by Crippen LogP contribution is -2.39. The second-order valence-electron chi connectivity index (χ2n) is 3.85. The number of halogens is 3. The minimum atomic E-state index is -4.50. The molecule has 1 aromatic rings. The van der Waals surface area contributed by atoms with Crippen LogP contribution in [0.3, 0.4) is 0 Å². The van der Waals surface area contributed by atoms with Crippen LogP contribution in [0.2, 0.25) is 0 Å². The van der Waals surface area contributed by atoms with Gasteiger partial charge in [-0.2, -0.15) is 13.2 Å². The number of rotatable bonds is 2. The number of amides is 1. The molecule has 104 valence electrons. The van der Waals surface area contributed by atoms with Crippen LogP contribution in [0.4, 0.5) is 18.9 Å². The summed E-state index contributed by atoms with van der Waals surface area (Å²) in [6.45, 7) is 0.856. The Morgan fingerprint density at radius 2 is 2.16 bits per heavy atom. The number of hydrogen-bond donors (Lipinski definition) is 1. The van der Waals surface area contributed by atoms with Crippen LogP contribution < -0.4 is 5.32 Å². The average Bonchev–Trinajstić information content (AvgIpc) is 2.39. The third kappa shape index (κ3) is 3.65. The maximum absolute atomic E-state index is 12.3. The van der Waals surface area contributed by atoms with Crippen LogP contribution in [0.5, 0.6) is 0 Å². The molecule has 1 atom stereocenters. The van der Waals surface area contributed by atoms with Gasteiger partial charge in [-0.1, -0.05) is 0 Å². The van der Waals surface area contributed by atoms with Gasteiger partial charge in [0, 0.05) is 0 Å². The molecule has 1 aromatic heterocycles. The first-order valence-corrected chi connectivity index (χ1v) is 5.50. The highest BCUT2D eigenvalue weighted by atomic mass is 19.4. The highest BCUT2D eigenvalue weighted by Gasteiger charge is 2.32. The Bertz CT molecular complexity index is 441. The summed E-state index contributed by atoms with van der Waals surface area (Å²) in [6, 6.07) is 1.94. The van der Waals surface area contributed by atoms with Crippen molar-refractivity contribution < 1.29 is 27.4 Å². The first-order valence-electron chi connectivity index (χ1n) is 5.50. The van der Waals surface area contributed by atoms with Crippen molar-refractivity contribution in [3.05, 3.63) is 24.0 Å². The minimum absolute atomic E-state index is 0.125. The summed E-state index contributed by atoms with van der Waals surface area (Å²) in [5.74, 6) is -0.471. The van der Waals surface area contributed by atoms with E-state index in [2.05, 4.69) is 10.3 Å². The molecule has 19 heavy (non-hydrogen) atoms. The topological polar surface area (TPSA) is 60.5 Å². The summed E-state index contributed by atoms with van der Waals surface area (Å²) in [5.41, 5.74) is -0.838. The van der Waals surface area contributed by atoms with Crippen molar-refractivity contribution in [2.45, 2.75) is 12.3 Å². The third-order valence-corrected chi connectivity index (χ3v) is 2.43. The Hall–Kier alpha value is -1.67. The fraction of sp³-hybridized carbons (Fsp3) is 0.455. The first-order chi connectivity index (χ1) is 8.97. The molecule has 1 N–H and O–H groups in total. The zero-order valence-electron chi connectivity index (χ0n) is 9.74. The van der Waals surface area contributed by atoms with Crippen molar-refractivity contribution in [2.24, 2.45) is 0 Å². The Morgan fingerprint density at radius 3 is 2.68 bits per heavy atom. The molecule has 1 saturated heterocycles. The van der Waals surface area contributed by atoms with Crippen LogP contribution in [0.1, 0.15) is 5.69 Å². The van der Waals surface area contributed by atoms with Crippen LogP contribution in [0.25, 0.3) is 0 Å². The van der Waals surface area contributed by atoms with Crippen LogP contribution in [-0.2, 0) is 20.4 Å². The minimum Gasteiger partial charge on any atom is -0.376 e. The molecule has 2 rings (SSSR count). The highest BCUT2D eigenvalue weighted by Crippen LogP contribution is 2.27. The number of nitrogens with zero attached hydrogens (tertiary/aromatic N) is 1. The van der Waals surface area contributed by atoms with Crippen molar-refractivity contribution in [1.82, 2.24) is 4.98 Å². The number of carbonyl (C=O) groups is 1. The summed E-state index contributed by atoms with van der Waals surface area (Å²) < 4.78 is 47.1. The second-order valence-corrected chi connectivity index (χ2v) is 3.85. The Kier molecular flexibility index (Phi) is 4.01. The van der Waals surface area contributed by atoms with E-state index in [9.17, 15) is 18.0 Å². The summed E-state index contributed by atoms with van der Waals surface area (Å²) >= 11 is 0. The van der Waals surface area contributed by atoms with Gasteiger partial charge >= 0.3 is 6.18 Å². The number of anilines is 1. The lowest BCUT2D eigenvalue weighted by molar-refractivity contribution is -0.142. The molecular weight excluding hydrogens is 265 g/mol. The van der Waals surface area contributed by atoms with Gasteiger partial charge in [-0.25, -0.2) is 4.98 Å². The van der Waals surface area contributed by atoms with Crippen molar-refractivity contribution in [2.75, 3.05) is 25.1 Å². The van der Waals surface area contributed by atoms with Gasteiger partial charge < -0.3 is 14.8 Å². The van der Waals surface area contributed by atoms with E-state index in [0.29, 0.717) is 13.2 Å². The lowest BCUT2D eigenvalue weighted by atomic mass is 10.3. The van der Waals surface area contributed by atoms with E-state index in [1.54, 1.807) is 0 Å². The average molecular weight is 276 g/mol. The van der Waals surface area contributed by atoms with Crippen LogP contribution in [-0.4, -0.2) is 36.8 Å². The van der Waals surface area contributed by atoms with E-state index in [1.807, 2.05) is 0 Å². The van der Waals surface area contributed by atoms with Gasteiger partial charge in [0.05, 0.1) is 31.7 Å². The summed E-state index contributed by atoms with van der Waals surface area (Å²) in [6.07, 6.45) is -4.30. The lowest BCUT2D eigenvalue weighted by Gasteiger charge is -2.22. The normalized spacial score (nSPS) is 20.1. The SMILES string of the molecule is O=C(Nc1ccc(C(F)(F)F)nc1)C1COCCO1. The molecule has 0 spiro atoms. The van der Waals surface area contributed by atoms with Gasteiger partial charge in [0.1, 0.15) is 5.69 Å². The van der Waals surface area contributed by atoms with Crippen molar-refractivity contribution in [3.8, 4) is 0 Å². The van der Waals surface area contributed by atoms with Crippen molar-refractivity contribution >= 4 is 11.6 Å². The number of alkyl halides is 3. The van der Waals surface area contributed by atoms with Crippen LogP contribution >= 0.6 is 0 Å². The standard InChI is InChI=1S/C11H11F3N2O3/c12-11(13,14)9-2-1-7(5-15-9)16-10(17)8-6-18-3-4-19-8/h1-2,5,8H,3-4,6H2,(H,16,17). The summed E-state index contributed by atoms with van der Waals surface area (Å²) in [7, 11) is 0. The predicted octanol–water partition coefficient (Wildman–Crippen LogP) is 1.45. The van der Waals surface area contributed by atoms with Crippen molar-refractivity contribution in [1.29, 1.82) is 0 Å². The van der Waals surface area contributed by atoms with Gasteiger partial charge in [-0.15, -0.1) is 0 Å².